The van der Waals surface area contributed by atoms with Crippen LogP contribution in [0, 0.1) is 0 Å². The topological polar surface area (TPSA) is 29.3 Å². The molecule has 10 aromatic rings. The van der Waals surface area contributed by atoms with Gasteiger partial charge in [-0.25, -0.2) is 4.98 Å². The third-order valence-corrected chi connectivity index (χ3v) is 13.4. The molecule has 1 heterocycles. The molecule has 0 radical (unpaired) electrons. The number of hydrogen-bond donors (Lipinski definition) is 0. The maximum Gasteiger partial charge on any atom is 0.227 e. The fourth-order valence-corrected chi connectivity index (χ4v) is 10.5. The van der Waals surface area contributed by atoms with E-state index in [2.05, 4.69) is 207 Å². The quantitative estimate of drug-likeness (QED) is 0.161. The summed E-state index contributed by atoms with van der Waals surface area (Å²) in [5.74, 6) is 0.624. The lowest BCUT2D eigenvalue weighted by Gasteiger charge is -2.34. The molecule has 62 heavy (non-hydrogen) atoms. The molecule has 0 spiro atoms. The average molecular weight is 795 g/mol. The van der Waals surface area contributed by atoms with E-state index in [1.807, 2.05) is 30.3 Å². The van der Waals surface area contributed by atoms with E-state index in [4.69, 9.17) is 9.40 Å². The van der Waals surface area contributed by atoms with Crippen LogP contribution >= 0.6 is 0 Å². The lowest BCUT2D eigenvalue weighted by molar-refractivity contribution is 0.618. The van der Waals surface area contributed by atoms with Crippen LogP contribution in [0.25, 0.3) is 55.9 Å². The molecule has 0 saturated carbocycles. The lowest BCUT2D eigenvalue weighted by Crippen LogP contribution is -2.28. The molecule has 0 unspecified atom stereocenters. The van der Waals surface area contributed by atoms with Crippen LogP contribution in [0.4, 0.5) is 17.1 Å². The Morgan fingerprint density at radius 1 is 0.387 bits per heavy atom. The van der Waals surface area contributed by atoms with Gasteiger partial charge in [0, 0.05) is 28.0 Å². The van der Waals surface area contributed by atoms with Gasteiger partial charge >= 0.3 is 0 Å². The molecule has 0 fully saturated rings. The van der Waals surface area contributed by atoms with Crippen LogP contribution in [0.5, 0.6) is 0 Å². The summed E-state index contributed by atoms with van der Waals surface area (Å²) in [6.07, 6.45) is 0. The van der Waals surface area contributed by atoms with Gasteiger partial charge in [0.1, 0.15) is 5.52 Å². The van der Waals surface area contributed by atoms with Crippen LogP contribution in [0.15, 0.2) is 223 Å². The molecule has 0 bridgehead atoms. The highest BCUT2D eigenvalue weighted by molar-refractivity contribution is 5.90. The zero-order chi connectivity index (χ0) is 41.4. The zero-order valence-corrected chi connectivity index (χ0v) is 34.6. The van der Waals surface area contributed by atoms with Gasteiger partial charge in [-0.1, -0.05) is 172 Å². The second-order valence-electron chi connectivity index (χ2n) is 17.1. The molecule has 2 aliphatic carbocycles. The van der Waals surface area contributed by atoms with E-state index in [9.17, 15) is 0 Å². The maximum atomic E-state index is 6.55. The molecular formula is C59H42N2O. The number of fused-ring (bicyclic) bond motifs is 7. The molecule has 9 aromatic carbocycles. The summed E-state index contributed by atoms with van der Waals surface area (Å²) in [5, 5.41) is 0. The van der Waals surface area contributed by atoms with Gasteiger partial charge in [0.2, 0.25) is 5.89 Å². The summed E-state index contributed by atoms with van der Waals surface area (Å²) in [7, 11) is 0. The smallest absolute Gasteiger partial charge is 0.227 e. The number of hydrogen-bond acceptors (Lipinski definition) is 3. The van der Waals surface area contributed by atoms with Crippen LogP contribution < -0.4 is 4.90 Å². The molecule has 0 atom stereocenters. The molecular weight excluding hydrogens is 753 g/mol. The van der Waals surface area contributed by atoms with E-state index in [0.29, 0.717) is 5.89 Å². The van der Waals surface area contributed by atoms with Crippen molar-refractivity contribution >= 4 is 28.2 Å². The van der Waals surface area contributed by atoms with Crippen LogP contribution in [-0.2, 0) is 10.8 Å². The Kier molecular flexibility index (Phi) is 8.10. The number of anilines is 3. The first-order valence-electron chi connectivity index (χ1n) is 21.4. The maximum absolute atomic E-state index is 6.55. The summed E-state index contributed by atoms with van der Waals surface area (Å²) in [6, 6.07) is 79.3. The van der Waals surface area contributed by atoms with Gasteiger partial charge in [0.05, 0.1) is 5.41 Å². The van der Waals surface area contributed by atoms with Gasteiger partial charge in [-0.2, -0.15) is 0 Å². The summed E-state index contributed by atoms with van der Waals surface area (Å²) in [6.45, 7) is 4.71. The lowest BCUT2D eigenvalue weighted by atomic mass is 9.67. The Morgan fingerprint density at radius 3 is 1.61 bits per heavy atom. The Morgan fingerprint density at radius 2 is 0.919 bits per heavy atom. The van der Waals surface area contributed by atoms with Crippen LogP contribution in [0.3, 0.4) is 0 Å². The van der Waals surface area contributed by atoms with Crippen molar-refractivity contribution in [2.24, 2.45) is 0 Å². The SMILES string of the molecule is CC1(C)c2ccccc2-c2ccc(N(c3ccc(C4(c5ccc6nc(-c7ccccc7)oc6c5)c5ccccc5-c5ccccc54)cc3)c3cccc(-c4ccccc4)c3)cc21. The van der Waals surface area contributed by atoms with Crippen molar-refractivity contribution in [3.05, 3.63) is 252 Å². The normalized spacial score (nSPS) is 13.9. The first-order chi connectivity index (χ1) is 30.5. The molecule has 0 N–H and O–H groups in total. The van der Waals surface area contributed by atoms with Crippen molar-refractivity contribution < 1.29 is 4.42 Å². The summed E-state index contributed by atoms with van der Waals surface area (Å²) in [5.41, 5.74) is 20.2. The molecule has 3 heteroatoms. The highest BCUT2D eigenvalue weighted by atomic mass is 16.3. The molecule has 0 aliphatic heterocycles. The van der Waals surface area contributed by atoms with Crippen molar-refractivity contribution in [1.82, 2.24) is 4.98 Å². The molecule has 2 aliphatic rings. The van der Waals surface area contributed by atoms with Crippen molar-refractivity contribution in [1.29, 1.82) is 0 Å². The third-order valence-electron chi connectivity index (χ3n) is 13.4. The summed E-state index contributed by atoms with van der Waals surface area (Å²) >= 11 is 0. The Bertz CT molecular complexity index is 3280. The van der Waals surface area contributed by atoms with Crippen molar-refractivity contribution in [3.63, 3.8) is 0 Å². The van der Waals surface area contributed by atoms with Gasteiger partial charge in [0.25, 0.3) is 0 Å². The van der Waals surface area contributed by atoms with Crippen molar-refractivity contribution in [3.8, 4) is 44.8 Å². The number of benzene rings is 9. The van der Waals surface area contributed by atoms with E-state index in [-0.39, 0.29) is 5.41 Å². The van der Waals surface area contributed by atoms with Crippen LogP contribution in [0.2, 0.25) is 0 Å². The predicted octanol–water partition coefficient (Wildman–Crippen LogP) is 15.3. The zero-order valence-electron chi connectivity index (χ0n) is 34.6. The first-order valence-corrected chi connectivity index (χ1v) is 21.4. The Balaban J connectivity index is 1.05. The van der Waals surface area contributed by atoms with Crippen LogP contribution in [-0.4, -0.2) is 4.98 Å². The monoisotopic (exact) mass is 794 g/mol. The second kappa shape index (κ2) is 13.9. The molecule has 12 rings (SSSR count). The van der Waals surface area contributed by atoms with Gasteiger partial charge in [-0.05, 0) is 127 Å². The fourth-order valence-electron chi connectivity index (χ4n) is 10.5. The van der Waals surface area contributed by atoms with Gasteiger partial charge in [-0.15, -0.1) is 0 Å². The van der Waals surface area contributed by atoms with Gasteiger partial charge in [-0.3, -0.25) is 0 Å². The predicted molar refractivity (Wildman–Crippen MR) is 254 cm³/mol. The number of oxazole rings is 1. The summed E-state index contributed by atoms with van der Waals surface area (Å²) in [4.78, 5) is 7.34. The molecule has 294 valence electrons. The van der Waals surface area contributed by atoms with Crippen LogP contribution in [0.1, 0.15) is 47.2 Å². The minimum Gasteiger partial charge on any atom is -0.436 e. The van der Waals surface area contributed by atoms with Gasteiger partial charge in [0.15, 0.2) is 5.58 Å². The van der Waals surface area contributed by atoms with E-state index in [1.54, 1.807) is 0 Å². The Labute approximate surface area is 362 Å². The van der Waals surface area contributed by atoms with E-state index in [1.165, 1.54) is 61.2 Å². The molecule has 0 saturated heterocycles. The van der Waals surface area contributed by atoms with E-state index < -0.39 is 5.41 Å². The minimum absolute atomic E-state index is 0.133. The minimum atomic E-state index is -0.610. The molecule has 3 nitrogen and oxygen atoms in total. The largest absolute Gasteiger partial charge is 0.436 e. The standard InChI is InChI=1S/C59H42N2O/c1-58(2)51-25-12-9-22-47(51)50-34-33-46(38-54(50)58)61(45-21-15-20-41(36-45)39-16-5-3-6-17-39)44-31-28-42(29-32-44)59(52-26-13-10-23-48(52)49-24-11-14-27-53(49)59)43-30-35-55-56(37-43)62-57(60-55)40-18-7-4-8-19-40/h3-38H,1-2H3. The Hall–Kier alpha value is -7.75. The number of aromatic nitrogens is 1. The average Bonchev–Trinajstić information content (AvgIpc) is 3.97. The van der Waals surface area contributed by atoms with E-state index in [0.717, 1.165) is 39.3 Å². The van der Waals surface area contributed by atoms with Crippen molar-refractivity contribution in [2.45, 2.75) is 24.7 Å². The number of nitrogens with zero attached hydrogens (tertiary/aromatic N) is 2. The summed E-state index contributed by atoms with van der Waals surface area (Å²) < 4.78 is 6.55. The second-order valence-corrected chi connectivity index (χ2v) is 17.1. The number of rotatable bonds is 7. The fraction of sp³-hybridized carbons (Fsp3) is 0.0678. The van der Waals surface area contributed by atoms with Crippen molar-refractivity contribution in [2.75, 3.05) is 4.90 Å². The van der Waals surface area contributed by atoms with E-state index >= 15 is 0 Å². The van der Waals surface area contributed by atoms with Gasteiger partial charge < -0.3 is 9.32 Å². The highest BCUT2D eigenvalue weighted by Gasteiger charge is 2.46. The third kappa shape index (κ3) is 5.41. The molecule has 0 amide bonds. The molecule has 1 aromatic heterocycles. The highest BCUT2D eigenvalue weighted by Crippen LogP contribution is 2.57. The first kappa shape index (κ1) is 36.1.